The molecule has 0 saturated heterocycles. The third-order valence-corrected chi connectivity index (χ3v) is 3.34. The van der Waals surface area contributed by atoms with Gasteiger partial charge in [-0.1, -0.05) is 15.9 Å². The quantitative estimate of drug-likeness (QED) is 0.901. The lowest BCUT2D eigenvalue weighted by molar-refractivity contribution is -0.116. The number of nitrogens with one attached hydrogen (secondary N) is 1. The molecule has 0 radical (unpaired) electrons. The largest absolute Gasteiger partial charge is 0.477 e. The van der Waals surface area contributed by atoms with Gasteiger partial charge in [0.15, 0.2) is 0 Å². The fourth-order valence-corrected chi connectivity index (χ4v) is 2.16. The zero-order chi connectivity index (χ0) is 14.7. The third kappa shape index (κ3) is 3.27. The van der Waals surface area contributed by atoms with Gasteiger partial charge in [-0.25, -0.2) is 4.79 Å². The van der Waals surface area contributed by atoms with Crippen LogP contribution in [0.3, 0.4) is 0 Å². The number of aromatic carboxylic acids is 1. The van der Waals surface area contributed by atoms with Crippen molar-refractivity contribution < 1.29 is 14.7 Å². The van der Waals surface area contributed by atoms with Crippen LogP contribution >= 0.6 is 15.9 Å². The SMILES string of the molecule is Cc1ccn(CC(=O)Nc2ccc(Br)cc2)c1C(=O)O. The first-order valence-corrected chi connectivity index (χ1v) is 6.71. The molecule has 0 spiro atoms. The minimum Gasteiger partial charge on any atom is -0.477 e. The maximum absolute atomic E-state index is 11.9. The van der Waals surface area contributed by atoms with E-state index in [1.54, 1.807) is 31.3 Å². The van der Waals surface area contributed by atoms with Crippen LogP contribution in [0.5, 0.6) is 0 Å². The Morgan fingerprint density at radius 3 is 2.50 bits per heavy atom. The number of amides is 1. The number of hydrogen-bond donors (Lipinski definition) is 2. The molecule has 1 aromatic heterocycles. The van der Waals surface area contributed by atoms with Gasteiger partial charge in [-0.15, -0.1) is 0 Å². The van der Waals surface area contributed by atoms with E-state index in [2.05, 4.69) is 21.2 Å². The Bertz CT molecular complexity index is 647. The van der Waals surface area contributed by atoms with E-state index in [9.17, 15) is 9.59 Å². The normalized spacial score (nSPS) is 10.3. The van der Waals surface area contributed by atoms with Crippen molar-refractivity contribution in [3.8, 4) is 0 Å². The van der Waals surface area contributed by atoms with Gasteiger partial charge in [-0.3, -0.25) is 4.79 Å². The second kappa shape index (κ2) is 5.92. The molecule has 5 nitrogen and oxygen atoms in total. The minimum atomic E-state index is -1.04. The minimum absolute atomic E-state index is 0.0362. The van der Waals surface area contributed by atoms with Crippen molar-refractivity contribution in [3.05, 3.63) is 52.3 Å². The van der Waals surface area contributed by atoms with Crippen LogP contribution in [-0.4, -0.2) is 21.6 Å². The molecule has 20 heavy (non-hydrogen) atoms. The van der Waals surface area contributed by atoms with E-state index >= 15 is 0 Å². The number of aryl methyl sites for hydroxylation is 1. The number of hydrogen-bond acceptors (Lipinski definition) is 2. The molecule has 0 atom stereocenters. The monoisotopic (exact) mass is 336 g/mol. The Hall–Kier alpha value is -2.08. The van der Waals surface area contributed by atoms with Crippen molar-refractivity contribution in [3.63, 3.8) is 0 Å². The fraction of sp³-hybridized carbons (Fsp3) is 0.143. The topological polar surface area (TPSA) is 71.3 Å². The van der Waals surface area contributed by atoms with Crippen LogP contribution < -0.4 is 5.32 Å². The number of anilines is 1. The highest BCUT2D eigenvalue weighted by Gasteiger charge is 2.15. The van der Waals surface area contributed by atoms with Crippen molar-refractivity contribution >= 4 is 33.5 Å². The fourth-order valence-electron chi connectivity index (χ4n) is 1.89. The predicted molar refractivity (Wildman–Crippen MR) is 78.9 cm³/mol. The van der Waals surface area contributed by atoms with Gasteiger partial charge in [-0.05, 0) is 42.8 Å². The second-order valence-electron chi connectivity index (χ2n) is 4.34. The molecule has 0 saturated carbocycles. The molecule has 0 fully saturated rings. The number of benzene rings is 1. The Morgan fingerprint density at radius 2 is 1.90 bits per heavy atom. The van der Waals surface area contributed by atoms with E-state index in [1.165, 1.54) is 4.57 Å². The average Bonchev–Trinajstić information content (AvgIpc) is 2.73. The van der Waals surface area contributed by atoms with Crippen LogP contribution in [0.4, 0.5) is 5.69 Å². The lowest BCUT2D eigenvalue weighted by Crippen LogP contribution is -2.21. The molecule has 2 N–H and O–H groups in total. The summed E-state index contributed by atoms with van der Waals surface area (Å²) in [5.41, 5.74) is 1.43. The summed E-state index contributed by atoms with van der Waals surface area (Å²) < 4.78 is 2.34. The number of carbonyl (C=O) groups excluding carboxylic acids is 1. The van der Waals surface area contributed by atoms with E-state index in [0.717, 1.165) is 4.47 Å². The van der Waals surface area contributed by atoms with Gasteiger partial charge in [0, 0.05) is 16.4 Å². The molecule has 0 aliphatic carbocycles. The number of aromatic nitrogens is 1. The summed E-state index contributed by atoms with van der Waals surface area (Å²) in [7, 11) is 0. The van der Waals surface area contributed by atoms with E-state index in [0.29, 0.717) is 11.3 Å². The summed E-state index contributed by atoms with van der Waals surface area (Å²) in [6.45, 7) is 1.66. The molecule has 1 aromatic carbocycles. The van der Waals surface area contributed by atoms with Gasteiger partial charge in [0.1, 0.15) is 12.2 Å². The summed E-state index contributed by atoms with van der Waals surface area (Å²) in [5.74, 6) is -1.31. The van der Waals surface area contributed by atoms with Crippen molar-refractivity contribution in [1.82, 2.24) is 4.57 Å². The highest BCUT2D eigenvalue weighted by atomic mass is 79.9. The molecule has 0 unspecified atom stereocenters. The van der Waals surface area contributed by atoms with Gasteiger partial charge in [-0.2, -0.15) is 0 Å². The highest BCUT2D eigenvalue weighted by Crippen LogP contribution is 2.15. The molecular weight excluding hydrogens is 324 g/mol. The van der Waals surface area contributed by atoms with Gasteiger partial charge >= 0.3 is 5.97 Å². The van der Waals surface area contributed by atoms with Crippen molar-refractivity contribution in [2.75, 3.05) is 5.32 Å². The van der Waals surface area contributed by atoms with E-state index in [1.807, 2.05) is 12.1 Å². The number of halogens is 1. The molecule has 1 amide bonds. The first kappa shape index (κ1) is 14.3. The molecule has 104 valence electrons. The number of rotatable bonds is 4. The first-order valence-electron chi connectivity index (χ1n) is 5.92. The van der Waals surface area contributed by atoms with Crippen LogP contribution in [0.2, 0.25) is 0 Å². The maximum Gasteiger partial charge on any atom is 0.352 e. The van der Waals surface area contributed by atoms with E-state index < -0.39 is 5.97 Å². The van der Waals surface area contributed by atoms with Gasteiger partial charge in [0.25, 0.3) is 0 Å². The lowest BCUT2D eigenvalue weighted by atomic mass is 10.3. The zero-order valence-electron chi connectivity index (χ0n) is 10.8. The van der Waals surface area contributed by atoms with Gasteiger partial charge in [0.2, 0.25) is 5.91 Å². The number of carbonyl (C=O) groups is 2. The van der Waals surface area contributed by atoms with Crippen LogP contribution in [0.15, 0.2) is 41.0 Å². The maximum atomic E-state index is 11.9. The summed E-state index contributed by atoms with van der Waals surface area (Å²) >= 11 is 3.31. The molecule has 0 aliphatic heterocycles. The van der Waals surface area contributed by atoms with Crippen LogP contribution in [0, 0.1) is 6.92 Å². The van der Waals surface area contributed by atoms with Crippen molar-refractivity contribution in [1.29, 1.82) is 0 Å². The number of carboxylic acid groups (broad SMARTS) is 1. The second-order valence-corrected chi connectivity index (χ2v) is 5.25. The van der Waals surface area contributed by atoms with Gasteiger partial charge in [0.05, 0.1) is 0 Å². The Balaban J connectivity index is 2.09. The zero-order valence-corrected chi connectivity index (χ0v) is 12.3. The summed E-state index contributed by atoms with van der Waals surface area (Å²) in [5, 5.41) is 11.8. The highest BCUT2D eigenvalue weighted by molar-refractivity contribution is 9.10. The molecule has 0 bridgehead atoms. The van der Waals surface area contributed by atoms with Crippen LogP contribution in [0.25, 0.3) is 0 Å². The average molecular weight is 337 g/mol. The molecule has 6 heteroatoms. The van der Waals surface area contributed by atoms with Crippen LogP contribution in [-0.2, 0) is 11.3 Å². The standard InChI is InChI=1S/C14H13BrN2O3/c1-9-6-7-17(13(9)14(19)20)8-12(18)16-11-4-2-10(15)3-5-11/h2-7H,8H2,1H3,(H,16,18)(H,19,20). The molecular formula is C14H13BrN2O3. The Labute approximate surface area is 124 Å². The van der Waals surface area contributed by atoms with Gasteiger partial charge < -0.3 is 15.0 Å². The molecule has 2 aromatic rings. The molecule has 0 aliphatic rings. The Morgan fingerprint density at radius 1 is 1.25 bits per heavy atom. The Kier molecular flexibility index (Phi) is 4.24. The van der Waals surface area contributed by atoms with E-state index in [-0.39, 0.29) is 18.1 Å². The summed E-state index contributed by atoms with van der Waals surface area (Å²) in [6.07, 6.45) is 1.60. The van der Waals surface area contributed by atoms with Crippen molar-refractivity contribution in [2.45, 2.75) is 13.5 Å². The van der Waals surface area contributed by atoms with Crippen molar-refractivity contribution in [2.24, 2.45) is 0 Å². The third-order valence-electron chi connectivity index (χ3n) is 2.81. The smallest absolute Gasteiger partial charge is 0.352 e. The predicted octanol–water partition coefficient (Wildman–Crippen LogP) is 2.90. The van der Waals surface area contributed by atoms with Crippen LogP contribution in [0.1, 0.15) is 16.1 Å². The number of nitrogens with zero attached hydrogens (tertiary/aromatic N) is 1. The lowest BCUT2D eigenvalue weighted by Gasteiger charge is -2.08. The molecule has 2 rings (SSSR count). The summed E-state index contributed by atoms with van der Waals surface area (Å²) in [4.78, 5) is 23.0. The molecule has 1 heterocycles. The first-order chi connectivity index (χ1) is 9.47. The van der Waals surface area contributed by atoms with E-state index in [4.69, 9.17) is 5.11 Å². The summed E-state index contributed by atoms with van der Waals surface area (Å²) in [6, 6.07) is 8.84. The number of carboxylic acids is 1.